The van der Waals surface area contributed by atoms with Crippen LogP contribution in [-0.2, 0) is 28.5 Å². The first kappa shape index (κ1) is 79.4. The van der Waals surface area contributed by atoms with Crippen molar-refractivity contribution in [1.82, 2.24) is 20.4 Å². The SMILES string of the molecule is Cc1cc(C(C)C)ccc1Oc1cc2c3c(cc(Oc4ccc(C(C)C)cc4C)c4c5c(Oc6ccc(C(C)C)cc6C)cc6c7c(cc(Oc8ccc(C(C)C)cc8C)c(c1c34)c75)C(=O)N(C(CC(F)(F)F)C(=O)NC1CCCC(OCC3CO3)C1)C6=O)C(=O)N(C(CC(F)(F)F)C(=O)NC1CCCC(OCC3CO3)C1)C2=O. The summed E-state index contributed by atoms with van der Waals surface area (Å²) in [5, 5.41) is 5.43. The molecule has 600 valence electrons. The van der Waals surface area contributed by atoms with Gasteiger partial charge in [-0.25, -0.2) is 0 Å². The molecule has 0 bridgehead atoms. The molecule has 9 aromatic carbocycles. The van der Waals surface area contributed by atoms with Gasteiger partial charge in [-0.1, -0.05) is 104 Å². The van der Waals surface area contributed by atoms with Gasteiger partial charge in [-0.15, -0.1) is 0 Å². The highest BCUT2D eigenvalue weighted by Crippen LogP contribution is 2.59. The molecular weight excluding hydrogens is 1470 g/mol. The van der Waals surface area contributed by atoms with Crippen molar-refractivity contribution >= 4 is 78.5 Å². The molecule has 2 saturated carbocycles. The van der Waals surface area contributed by atoms with Crippen LogP contribution in [0.25, 0.3) is 43.1 Å². The molecule has 8 atom stereocenters. The van der Waals surface area contributed by atoms with Crippen LogP contribution in [0, 0.1) is 27.7 Å². The fraction of sp³-hybridized carbons (Fsp3) is 0.444. The van der Waals surface area contributed by atoms with E-state index in [4.69, 9.17) is 37.9 Å². The third-order valence-electron chi connectivity index (χ3n) is 23.2. The minimum Gasteiger partial charge on any atom is -0.456 e. The molecule has 114 heavy (non-hydrogen) atoms. The van der Waals surface area contributed by atoms with Gasteiger partial charge in [-0.2, -0.15) is 26.3 Å². The van der Waals surface area contributed by atoms with Crippen LogP contribution in [0.3, 0.4) is 0 Å². The summed E-state index contributed by atoms with van der Waals surface area (Å²) >= 11 is 0. The molecule has 24 heteroatoms. The number of nitrogens with zero attached hydrogens (tertiary/aromatic N) is 2. The fourth-order valence-electron chi connectivity index (χ4n) is 16.8. The maximum atomic E-state index is 16.5. The molecule has 0 spiro atoms. The van der Waals surface area contributed by atoms with E-state index in [0.717, 1.165) is 22.3 Å². The average molecular weight is 1570 g/mol. The van der Waals surface area contributed by atoms with Gasteiger partial charge < -0.3 is 48.5 Å². The number of aryl methyl sites for hydroxylation is 4. The summed E-state index contributed by atoms with van der Waals surface area (Å²) in [5.74, 6) is -7.52. The van der Waals surface area contributed by atoms with Gasteiger partial charge in [0.15, 0.2) is 0 Å². The summed E-state index contributed by atoms with van der Waals surface area (Å²) < 4.78 is 146. The number of halogens is 6. The first-order chi connectivity index (χ1) is 54.1. The second-order valence-corrected chi connectivity index (χ2v) is 33.0. The summed E-state index contributed by atoms with van der Waals surface area (Å²) in [6.07, 6.45) is -11.6. The molecule has 15 rings (SSSR count). The Kier molecular flexibility index (Phi) is 21.6. The van der Waals surface area contributed by atoms with Crippen LogP contribution in [0.4, 0.5) is 26.3 Å². The Morgan fingerprint density at radius 1 is 0.404 bits per heavy atom. The number of benzene rings is 9. The van der Waals surface area contributed by atoms with E-state index in [1.165, 1.54) is 24.3 Å². The van der Waals surface area contributed by atoms with Crippen molar-refractivity contribution in [3.63, 3.8) is 0 Å². The van der Waals surface area contributed by atoms with Gasteiger partial charge in [0.2, 0.25) is 11.8 Å². The first-order valence-corrected chi connectivity index (χ1v) is 39.6. The number of imide groups is 2. The van der Waals surface area contributed by atoms with E-state index in [1.54, 1.807) is 52.0 Å². The van der Waals surface area contributed by atoms with E-state index >= 15 is 55.1 Å². The molecule has 0 aromatic heterocycles. The number of hydrogen-bond donors (Lipinski definition) is 2. The highest BCUT2D eigenvalue weighted by molar-refractivity contribution is 6.45. The van der Waals surface area contributed by atoms with Crippen molar-refractivity contribution in [3.05, 3.63) is 164 Å². The number of epoxide rings is 2. The number of hydrogen-bond acceptors (Lipinski definition) is 14. The fourth-order valence-corrected chi connectivity index (χ4v) is 16.8. The third kappa shape index (κ3) is 15.9. The van der Waals surface area contributed by atoms with Gasteiger partial charge in [0.1, 0.15) is 70.3 Å². The lowest BCUT2D eigenvalue weighted by Crippen LogP contribution is -2.57. The second-order valence-electron chi connectivity index (χ2n) is 33.0. The van der Waals surface area contributed by atoms with Crippen molar-refractivity contribution in [2.75, 3.05) is 26.4 Å². The molecular formula is C90H94F6N4O14. The maximum absolute atomic E-state index is 16.5. The molecule has 4 aliphatic heterocycles. The van der Waals surface area contributed by atoms with E-state index in [9.17, 15) is 0 Å². The topological polar surface area (TPSA) is 213 Å². The monoisotopic (exact) mass is 1570 g/mol. The smallest absolute Gasteiger partial charge is 0.391 e. The van der Waals surface area contributed by atoms with Crippen molar-refractivity contribution in [2.24, 2.45) is 0 Å². The predicted molar refractivity (Wildman–Crippen MR) is 419 cm³/mol. The molecule has 2 N–H and O–H groups in total. The lowest BCUT2D eigenvalue weighted by atomic mass is 9.80. The normalized spacial score (nSPS) is 20.3. The number of amides is 6. The zero-order valence-corrected chi connectivity index (χ0v) is 65.9. The number of alkyl halides is 6. The average Bonchev–Trinajstić information content (AvgIpc) is 1.65. The summed E-state index contributed by atoms with van der Waals surface area (Å²) in [5.41, 5.74) is 4.45. The summed E-state index contributed by atoms with van der Waals surface area (Å²) in [4.78, 5) is 96.9. The minimum atomic E-state index is -5.15. The highest BCUT2D eigenvalue weighted by Gasteiger charge is 2.51. The van der Waals surface area contributed by atoms with E-state index in [0.29, 0.717) is 97.0 Å². The number of nitrogens with one attached hydrogen (secondary N) is 2. The number of carbonyl (C=O) groups excluding carboxylic acids is 6. The summed E-state index contributed by atoms with van der Waals surface area (Å²) in [6.45, 7) is 24.9. The van der Waals surface area contributed by atoms with Crippen molar-refractivity contribution in [3.8, 4) is 46.0 Å². The van der Waals surface area contributed by atoms with Crippen LogP contribution >= 0.6 is 0 Å². The molecule has 2 saturated heterocycles. The summed E-state index contributed by atoms with van der Waals surface area (Å²) in [6, 6.07) is 20.7. The van der Waals surface area contributed by atoms with Gasteiger partial charge >= 0.3 is 12.4 Å². The molecule has 0 radical (unpaired) electrons. The van der Waals surface area contributed by atoms with Crippen molar-refractivity contribution < 1.29 is 93.0 Å². The van der Waals surface area contributed by atoms with Gasteiger partial charge in [-0.3, -0.25) is 38.6 Å². The van der Waals surface area contributed by atoms with Crippen molar-refractivity contribution in [1.29, 1.82) is 0 Å². The van der Waals surface area contributed by atoms with Gasteiger partial charge in [0.25, 0.3) is 23.6 Å². The maximum Gasteiger partial charge on any atom is 0.391 e. The number of rotatable bonds is 26. The highest BCUT2D eigenvalue weighted by atomic mass is 19.4. The Morgan fingerprint density at radius 3 is 0.912 bits per heavy atom. The van der Waals surface area contributed by atoms with Gasteiger partial charge in [0.05, 0.1) is 73.7 Å². The Labute approximate surface area is 657 Å². The van der Waals surface area contributed by atoms with Crippen LogP contribution in [0.1, 0.15) is 229 Å². The molecule has 2 aliphatic carbocycles. The Bertz CT molecular complexity index is 4780. The summed E-state index contributed by atoms with van der Waals surface area (Å²) in [7, 11) is 0. The first-order valence-electron chi connectivity index (χ1n) is 39.6. The van der Waals surface area contributed by atoms with E-state index in [2.05, 4.69) is 10.6 Å². The molecule has 4 fully saturated rings. The zero-order valence-electron chi connectivity index (χ0n) is 65.9. The number of ether oxygens (including phenoxy) is 8. The molecule has 18 nitrogen and oxygen atoms in total. The molecule has 8 unspecified atom stereocenters. The van der Waals surface area contributed by atoms with Crippen LogP contribution in [-0.4, -0.2) is 133 Å². The zero-order chi connectivity index (χ0) is 81.0. The van der Waals surface area contributed by atoms with Gasteiger partial charge in [-0.05, 0) is 196 Å². The van der Waals surface area contributed by atoms with E-state index < -0.39 is 84.8 Å². The van der Waals surface area contributed by atoms with Gasteiger partial charge in [0, 0.05) is 55.2 Å². The van der Waals surface area contributed by atoms with Crippen LogP contribution in [0.5, 0.6) is 46.0 Å². The number of carbonyl (C=O) groups is 6. The van der Waals surface area contributed by atoms with E-state index in [1.807, 2.05) is 104 Å². The van der Waals surface area contributed by atoms with E-state index in [-0.39, 0.29) is 172 Å². The predicted octanol–water partition coefficient (Wildman–Crippen LogP) is 20.2. The third-order valence-corrected chi connectivity index (χ3v) is 23.2. The Balaban J connectivity index is 1.05. The Hall–Kier alpha value is -9.88. The lowest BCUT2D eigenvalue weighted by molar-refractivity contribution is -0.154. The molecule has 9 aromatic rings. The number of fused-ring (bicyclic) bond motifs is 2. The minimum absolute atomic E-state index is 0.00292. The molecule has 6 amide bonds. The van der Waals surface area contributed by atoms with Crippen LogP contribution < -0.4 is 29.6 Å². The largest absolute Gasteiger partial charge is 0.456 e. The second kappa shape index (κ2) is 31.0. The lowest BCUT2D eigenvalue weighted by Gasteiger charge is -2.37. The standard InChI is InChI=1S/C90H94F6N4O14/c1-43(2)51-19-23-67(47(9)27-51)111-71-33-61-75-62(86(104)99(85(61)103)65(37-89(91,92)93)83(101)97-55-15-13-17-57(31-55)107-39-59-41-109-59)35-73(113-69-25-21-53(45(5)6)29-49(69)11)79-80-74(114-70-26-22-54(46(7)8)30-50(70)12)36-64-76-63(34-72(78(82(76)80)77(71)81(75)79)112-68-24-20-52(44(3)4)28-48(68)10)87(105)100(88(64)106)66(38-90(94,95)96)84(102)98-56-16-14-18-58(32-56)108-40-60-42-110-60/h19-30,33-36,43-46,55-60,65-66H,13-18,31-32,37-42H2,1-12H3,(H,97,101)(H,98,102). The molecule has 6 aliphatic rings. The van der Waals surface area contributed by atoms with Crippen molar-refractivity contribution in [2.45, 2.75) is 232 Å². The van der Waals surface area contributed by atoms with Crippen LogP contribution in [0.2, 0.25) is 0 Å². The quantitative estimate of drug-likeness (QED) is 0.0170. The Morgan fingerprint density at radius 2 is 0.675 bits per heavy atom. The molecule has 4 heterocycles. The van der Waals surface area contributed by atoms with Crippen LogP contribution in [0.15, 0.2) is 97.1 Å².